The number of nitrogens with zero attached hydrogens (tertiary/aromatic N) is 1. The van der Waals surface area contributed by atoms with Crippen molar-refractivity contribution in [3.63, 3.8) is 0 Å². The van der Waals surface area contributed by atoms with Crippen molar-refractivity contribution in [1.29, 1.82) is 0 Å². The third-order valence-electron chi connectivity index (χ3n) is 3.33. The van der Waals surface area contributed by atoms with Gasteiger partial charge in [-0.25, -0.2) is 0 Å². The van der Waals surface area contributed by atoms with Gasteiger partial charge in [-0.05, 0) is 44.8 Å². The fraction of sp³-hybridized carbons (Fsp3) is 1.00. The van der Waals surface area contributed by atoms with Gasteiger partial charge >= 0.3 is 0 Å². The minimum absolute atomic E-state index is 0.784. The first-order valence-electron chi connectivity index (χ1n) is 6.99. The molecular weight excluding hydrogens is 198 g/mol. The highest BCUT2D eigenvalue weighted by Crippen LogP contribution is 2.15. The number of hydrogen-bond donors (Lipinski definition) is 0. The molecule has 0 fully saturated rings. The summed E-state index contributed by atoms with van der Waals surface area (Å²) in [6.07, 6.45) is 6.63. The summed E-state index contributed by atoms with van der Waals surface area (Å²) < 4.78 is 5.27. The van der Waals surface area contributed by atoms with Crippen molar-refractivity contribution in [2.75, 3.05) is 33.4 Å². The smallest absolute Gasteiger partial charge is 0.0490 e. The molecule has 1 atom stereocenters. The molecule has 0 heterocycles. The van der Waals surface area contributed by atoms with Crippen LogP contribution in [0.5, 0.6) is 0 Å². The SMILES string of the molecule is CCC[C@H](CCCCN(CC)CC)COC. The largest absolute Gasteiger partial charge is 0.384 e. The monoisotopic (exact) mass is 229 g/mol. The Bertz CT molecular complexity index is 129. The number of unbranched alkanes of at least 4 members (excludes halogenated alkanes) is 1. The van der Waals surface area contributed by atoms with E-state index in [-0.39, 0.29) is 0 Å². The predicted molar refractivity (Wildman–Crippen MR) is 71.9 cm³/mol. The zero-order valence-corrected chi connectivity index (χ0v) is 11.8. The molecule has 0 bridgehead atoms. The molecule has 2 heteroatoms. The summed E-state index contributed by atoms with van der Waals surface area (Å²) in [4.78, 5) is 2.51. The molecule has 0 aliphatic carbocycles. The third kappa shape index (κ3) is 8.12. The first kappa shape index (κ1) is 15.9. The van der Waals surface area contributed by atoms with Crippen LogP contribution in [0.15, 0.2) is 0 Å². The van der Waals surface area contributed by atoms with Gasteiger partial charge in [-0.1, -0.05) is 33.6 Å². The van der Waals surface area contributed by atoms with Gasteiger partial charge in [-0.15, -0.1) is 0 Å². The Morgan fingerprint density at radius 3 is 2.19 bits per heavy atom. The summed E-state index contributed by atoms with van der Waals surface area (Å²) in [5.74, 6) is 0.784. The molecule has 0 saturated carbocycles. The molecule has 0 radical (unpaired) electrons. The molecule has 0 N–H and O–H groups in total. The average molecular weight is 229 g/mol. The Kier molecular flexibility index (Phi) is 11.3. The van der Waals surface area contributed by atoms with Gasteiger partial charge in [0.2, 0.25) is 0 Å². The fourth-order valence-electron chi connectivity index (χ4n) is 2.26. The Labute approximate surface area is 102 Å². The van der Waals surface area contributed by atoms with Crippen LogP contribution >= 0.6 is 0 Å². The van der Waals surface area contributed by atoms with Crippen LogP contribution in [-0.2, 0) is 4.74 Å². The van der Waals surface area contributed by atoms with Gasteiger partial charge in [0, 0.05) is 13.7 Å². The Balaban J connectivity index is 3.52. The molecule has 0 aromatic heterocycles. The van der Waals surface area contributed by atoms with E-state index < -0.39 is 0 Å². The fourth-order valence-corrected chi connectivity index (χ4v) is 2.26. The first-order chi connectivity index (χ1) is 7.78. The minimum atomic E-state index is 0.784. The highest BCUT2D eigenvalue weighted by molar-refractivity contribution is 4.60. The van der Waals surface area contributed by atoms with Crippen molar-refractivity contribution in [2.24, 2.45) is 5.92 Å². The highest BCUT2D eigenvalue weighted by Gasteiger charge is 2.07. The van der Waals surface area contributed by atoms with E-state index in [2.05, 4.69) is 25.7 Å². The topological polar surface area (TPSA) is 12.5 Å². The van der Waals surface area contributed by atoms with Crippen molar-refractivity contribution < 1.29 is 4.74 Å². The van der Waals surface area contributed by atoms with E-state index >= 15 is 0 Å². The summed E-state index contributed by atoms with van der Waals surface area (Å²) in [5.41, 5.74) is 0. The zero-order valence-electron chi connectivity index (χ0n) is 11.8. The number of hydrogen-bond acceptors (Lipinski definition) is 2. The second kappa shape index (κ2) is 11.4. The zero-order chi connectivity index (χ0) is 12.2. The second-order valence-electron chi connectivity index (χ2n) is 4.63. The van der Waals surface area contributed by atoms with Gasteiger partial charge in [0.25, 0.3) is 0 Å². The molecule has 0 rings (SSSR count). The molecule has 16 heavy (non-hydrogen) atoms. The normalized spacial score (nSPS) is 13.3. The first-order valence-corrected chi connectivity index (χ1v) is 6.99. The second-order valence-corrected chi connectivity index (χ2v) is 4.63. The van der Waals surface area contributed by atoms with Gasteiger partial charge in [-0.2, -0.15) is 0 Å². The van der Waals surface area contributed by atoms with Crippen LogP contribution in [0, 0.1) is 5.92 Å². The number of ether oxygens (including phenoxy) is 1. The molecule has 0 unspecified atom stereocenters. The molecule has 0 amide bonds. The molecule has 0 aromatic carbocycles. The predicted octanol–water partition coefficient (Wildman–Crippen LogP) is 3.56. The van der Waals surface area contributed by atoms with E-state index in [1.807, 2.05) is 7.11 Å². The van der Waals surface area contributed by atoms with Crippen molar-refractivity contribution in [3.8, 4) is 0 Å². The molecule has 0 saturated heterocycles. The standard InChI is InChI=1S/C14H31NO/c1-5-10-14(13-16-4)11-8-9-12-15(6-2)7-3/h14H,5-13H2,1-4H3/t14-/m1/s1. The summed E-state index contributed by atoms with van der Waals surface area (Å²) in [6.45, 7) is 11.3. The van der Waals surface area contributed by atoms with E-state index in [1.54, 1.807) is 0 Å². The highest BCUT2D eigenvalue weighted by atomic mass is 16.5. The lowest BCUT2D eigenvalue weighted by Gasteiger charge is -2.19. The average Bonchev–Trinajstić information content (AvgIpc) is 2.30. The minimum Gasteiger partial charge on any atom is -0.384 e. The summed E-state index contributed by atoms with van der Waals surface area (Å²) in [5, 5.41) is 0. The van der Waals surface area contributed by atoms with E-state index in [9.17, 15) is 0 Å². The molecular formula is C14H31NO. The maximum Gasteiger partial charge on any atom is 0.0490 e. The van der Waals surface area contributed by atoms with Crippen LogP contribution in [0.1, 0.15) is 52.9 Å². The van der Waals surface area contributed by atoms with Crippen LogP contribution in [-0.4, -0.2) is 38.3 Å². The Hall–Kier alpha value is -0.0800. The van der Waals surface area contributed by atoms with Crippen LogP contribution in [0.3, 0.4) is 0 Å². The van der Waals surface area contributed by atoms with Crippen molar-refractivity contribution in [2.45, 2.75) is 52.9 Å². The molecule has 0 aromatic rings. The quantitative estimate of drug-likeness (QED) is 0.502. The van der Waals surface area contributed by atoms with Gasteiger partial charge in [0.05, 0.1) is 0 Å². The van der Waals surface area contributed by atoms with Crippen LogP contribution in [0.4, 0.5) is 0 Å². The third-order valence-corrected chi connectivity index (χ3v) is 3.33. The molecule has 0 spiro atoms. The maximum atomic E-state index is 5.27. The number of rotatable bonds is 11. The summed E-state index contributed by atoms with van der Waals surface area (Å²) >= 11 is 0. The molecule has 0 aliphatic heterocycles. The summed E-state index contributed by atoms with van der Waals surface area (Å²) in [6, 6.07) is 0. The lowest BCUT2D eigenvalue weighted by Crippen LogP contribution is -2.24. The molecule has 2 nitrogen and oxygen atoms in total. The van der Waals surface area contributed by atoms with E-state index in [4.69, 9.17) is 4.74 Å². The van der Waals surface area contributed by atoms with Gasteiger partial charge in [0.1, 0.15) is 0 Å². The Morgan fingerprint density at radius 1 is 1.00 bits per heavy atom. The maximum absolute atomic E-state index is 5.27. The van der Waals surface area contributed by atoms with Crippen LogP contribution in [0.25, 0.3) is 0 Å². The van der Waals surface area contributed by atoms with E-state index in [0.717, 1.165) is 12.5 Å². The van der Waals surface area contributed by atoms with Gasteiger partial charge in [-0.3, -0.25) is 0 Å². The van der Waals surface area contributed by atoms with E-state index in [0.29, 0.717) is 0 Å². The lowest BCUT2D eigenvalue weighted by molar-refractivity contribution is 0.140. The van der Waals surface area contributed by atoms with Gasteiger partial charge in [0.15, 0.2) is 0 Å². The van der Waals surface area contributed by atoms with Crippen LogP contribution in [0.2, 0.25) is 0 Å². The molecule has 0 aliphatic rings. The number of methoxy groups -OCH3 is 1. The van der Waals surface area contributed by atoms with Crippen molar-refractivity contribution >= 4 is 0 Å². The van der Waals surface area contributed by atoms with Gasteiger partial charge < -0.3 is 9.64 Å². The van der Waals surface area contributed by atoms with Crippen LogP contribution < -0.4 is 0 Å². The van der Waals surface area contributed by atoms with Crippen molar-refractivity contribution in [1.82, 2.24) is 4.90 Å². The van der Waals surface area contributed by atoms with E-state index in [1.165, 1.54) is 51.7 Å². The summed E-state index contributed by atoms with van der Waals surface area (Å²) in [7, 11) is 1.82. The lowest BCUT2D eigenvalue weighted by atomic mass is 9.98. The molecule has 98 valence electrons. The Morgan fingerprint density at radius 2 is 1.69 bits per heavy atom. The van der Waals surface area contributed by atoms with Crippen molar-refractivity contribution in [3.05, 3.63) is 0 Å².